The van der Waals surface area contributed by atoms with E-state index < -0.39 is 0 Å². The number of carbonyl (C=O) groups is 1. The maximum absolute atomic E-state index is 12.2. The van der Waals surface area contributed by atoms with Crippen molar-refractivity contribution in [3.63, 3.8) is 0 Å². The maximum atomic E-state index is 12.2. The second kappa shape index (κ2) is 5.84. The van der Waals surface area contributed by atoms with Crippen LogP contribution in [-0.4, -0.2) is 10.9 Å². The summed E-state index contributed by atoms with van der Waals surface area (Å²) in [5.41, 5.74) is 2.67. The van der Waals surface area contributed by atoms with Crippen LogP contribution in [0.4, 0.5) is 5.13 Å². The molecule has 0 bridgehead atoms. The van der Waals surface area contributed by atoms with E-state index in [4.69, 9.17) is 11.6 Å². The highest BCUT2D eigenvalue weighted by Crippen LogP contribution is 2.28. The number of nitrogens with zero attached hydrogens (tertiary/aromatic N) is 1. The van der Waals surface area contributed by atoms with E-state index in [1.54, 1.807) is 6.07 Å². The van der Waals surface area contributed by atoms with E-state index in [-0.39, 0.29) is 5.91 Å². The van der Waals surface area contributed by atoms with Crippen molar-refractivity contribution in [2.45, 2.75) is 13.3 Å². The number of benzene rings is 2. The summed E-state index contributed by atoms with van der Waals surface area (Å²) in [5.74, 6) is -0.150. The predicted molar refractivity (Wildman–Crippen MR) is 88.4 cm³/mol. The van der Waals surface area contributed by atoms with E-state index in [9.17, 15) is 4.79 Å². The SMILES string of the molecule is CCc1ccc(C(=O)Nc2nc3ccc(Cl)cc3s2)cc1. The number of hydrogen-bond acceptors (Lipinski definition) is 3. The molecular formula is C16H13ClN2OS. The third kappa shape index (κ3) is 3.06. The van der Waals surface area contributed by atoms with Crippen LogP contribution in [0.1, 0.15) is 22.8 Å². The molecule has 5 heteroatoms. The zero-order valence-corrected chi connectivity index (χ0v) is 13.0. The molecule has 0 fully saturated rings. The number of hydrogen-bond donors (Lipinski definition) is 1. The van der Waals surface area contributed by atoms with Crippen LogP contribution in [0.2, 0.25) is 5.02 Å². The summed E-state index contributed by atoms with van der Waals surface area (Å²) in [5, 5.41) is 4.08. The fraction of sp³-hybridized carbons (Fsp3) is 0.125. The Morgan fingerprint density at radius 3 is 2.71 bits per heavy atom. The Kier molecular flexibility index (Phi) is 3.90. The van der Waals surface area contributed by atoms with Crippen LogP contribution in [0.5, 0.6) is 0 Å². The summed E-state index contributed by atoms with van der Waals surface area (Å²) in [6.45, 7) is 2.08. The van der Waals surface area contributed by atoms with E-state index in [0.717, 1.165) is 16.6 Å². The number of fused-ring (bicyclic) bond motifs is 1. The molecule has 1 aromatic heterocycles. The monoisotopic (exact) mass is 316 g/mol. The minimum absolute atomic E-state index is 0.150. The number of aryl methyl sites for hydroxylation is 1. The molecule has 1 N–H and O–H groups in total. The minimum Gasteiger partial charge on any atom is -0.298 e. The quantitative estimate of drug-likeness (QED) is 0.756. The van der Waals surface area contributed by atoms with Gasteiger partial charge in [0.15, 0.2) is 5.13 Å². The Hall–Kier alpha value is -1.91. The van der Waals surface area contributed by atoms with Gasteiger partial charge in [0.2, 0.25) is 0 Å². The van der Waals surface area contributed by atoms with Gasteiger partial charge in [-0.25, -0.2) is 4.98 Å². The molecule has 0 unspecified atom stereocenters. The van der Waals surface area contributed by atoms with Crippen molar-refractivity contribution in [1.29, 1.82) is 0 Å². The van der Waals surface area contributed by atoms with Crippen molar-refractivity contribution in [2.24, 2.45) is 0 Å². The van der Waals surface area contributed by atoms with Crippen LogP contribution < -0.4 is 5.32 Å². The average molecular weight is 317 g/mol. The Morgan fingerprint density at radius 2 is 2.00 bits per heavy atom. The summed E-state index contributed by atoms with van der Waals surface area (Å²) in [7, 11) is 0. The number of rotatable bonds is 3. The molecule has 0 aliphatic heterocycles. The summed E-state index contributed by atoms with van der Waals surface area (Å²) >= 11 is 7.36. The molecule has 21 heavy (non-hydrogen) atoms. The number of thiazole rings is 1. The minimum atomic E-state index is -0.150. The first kappa shape index (κ1) is 14.0. The molecule has 0 spiro atoms. The normalized spacial score (nSPS) is 10.8. The Morgan fingerprint density at radius 1 is 1.24 bits per heavy atom. The lowest BCUT2D eigenvalue weighted by Crippen LogP contribution is -2.11. The average Bonchev–Trinajstić information content (AvgIpc) is 2.88. The number of carbonyl (C=O) groups excluding carboxylic acids is 1. The highest BCUT2D eigenvalue weighted by Gasteiger charge is 2.10. The molecule has 3 nitrogen and oxygen atoms in total. The molecule has 0 saturated carbocycles. The predicted octanol–water partition coefficient (Wildman–Crippen LogP) is 4.76. The van der Waals surface area contributed by atoms with E-state index in [1.807, 2.05) is 36.4 Å². The summed E-state index contributed by atoms with van der Waals surface area (Å²) in [6, 6.07) is 13.1. The summed E-state index contributed by atoms with van der Waals surface area (Å²) in [4.78, 5) is 16.6. The van der Waals surface area contributed by atoms with Crippen molar-refractivity contribution < 1.29 is 4.79 Å². The van der Waals surface area contributed by atoms with E-state index in [2.05, 4.69) is 17.2 Å². The van der Waals surface area contributed by atoms with Crippen molar-refractivity contribution in [3.8, 4) is 0 Å². The van der Waals surface area contributed by atoms with Crippen LogP contribution in [-0.2, 0) is 6.42 Å². The molecule has 0 aliphatic rings. The van der Waals surface area contributed by atoms with Crippen LogP contribution in [0, 0.1) is 0 Å². The zero-order chi connectivity index (χ0) is 14.8. The Balaban J connectivity index is 1.81. The van der Waals surface area contributed by atoms with Crippen LogP contribution in [0.15, 0.2) is 42.5 Å². The van der Waals surface area contributed by atoms with Gasteiger partial charge in [-0.15, -0.1) is 0 Å². The van der Waals surface area contributed by atoms with E-state index >= 15 is 0 Å². The standard InChI is InChI=1S/C16H13ClN2OS/c1-2-10-3-5-11(6-4-10)15(20)19-16-18-13-8-7-12(17)9-14(13)21-16/h3-9H,2H2,1H3,(H,18,19,20). The van der Waals surface area contributed by atoms with Gasteiger partial charge in [-0.05, 0) is 42.3 Å². The maximum Gasteiger partial charge on any atom is 0.257 e. The lowest BCUT2D eigenvalue weighted by atomic mass is 10.1. The van der Waals surface area contributed by atoms with Gasteiger partial charge in [0.1, 0.15) is 0 Å². The molecular weight excluding hydrogens is 304 g/mol. The number of anilines is 1. The largest absolute Gasteiger partial charge is 0.298 e. The molecule has 1 heterocycles. The highest BCUT2D eigenvalue weighted by molar-refractivity contribution is 7.22. The topological polar surface area (TPSA) is 42.0 Å². The van der Waals surface area contributed by atoms with Crippen molar-refractivity contribution in [3.05, 3.63) is 58.6 Å². The molecule has 0 saturated heterocycles. The van der Waals surface area contributed by atoms with Crippen molar-refractivity contribution in [2.75, 3.05) is 5.32 Å². The lowest BCUT2D eigenvalue weighted by molar-refractivity contribution is 0.102. The third-order valence-corrected chi connectivity index (χ3v) is 4.36. The molecule has 0 atom stereocenters. The van der Waals surface area contributed by atoms with Gasteiger partial charge >= 0.3 is 0 Å². The van der Waals surface area contributed by atoms with Gasteiger partial charge in [-0.1, -0.05) is 42.0 Å². The first-order chi connectivity index (χ1) is 10.2. The van der Waals surface area contributed by atoms with Crippen LogP contribution in [0.25, 0.3) is 10.2 Å². The first-order valence-electron chi connectivity index (χ1n) is 6.62. The highest BCUT2D eigenvalue weighted by atomic mass is 35.5. The number of nitrogens with one attached hydrogen (secondary N) is 1. The Labute approximate surface area is 131 Å². The van der Waals surface area contributed by atoms with E-state index in [0.29, 0.717) is 15.7 Å². The Bertz CT molecular complexity index is 796. The summed E-state index contributed by atoms with van der Waals surface area (Å²) in [6.07, 6.45) is 0.959. The second-order valence-electron chi connectivity index (χ2n) is 4.64. The molecule has 0 radical (unpaired) electrons. The molecule has 2 aromatic carbocycles. The molecule has 106 valence electrons. The first-order valence-corrected chi connectivity index (χ1v) is 7.81. The van der Waals surface area contributed by atoms with Crippen molar-refractivity contribution in [1.82, 2.24) is 4.98 Å². The molecule has 3 aromatic rings. The summed E-state index contributed by atoms with van der Waals surface area (Å²) < 4.78 is 0.958. The van der Waals surface area contributed by atoms with E-state index in [1.165, 1.54) is 16.9 Å². The van der Waals surface area contributed by atoms with Gasteiger partial charge in [0.25, 0.3) is 5.91 Å². The molecule has 0 aliphatic carbocycles. The number of amides is 1. The van der Waals surface area contributed by atoms with Gasteiger partial charge in [-0.3, -0.25) is 10.1 Å². The number of halogens is 1. The fourth-order valence-corrected chi connectivity index (χ4v) is 3.15. The van der Waals surface area contributed by atoms with Gasteiger partial charge < -0.3 is 0 Å². The zero-order valence-electron chi connectivity index (χ0n) is 11.4. The van der Waals surface area contributed by atoms with Gasteiger partial charge in [-0.2, -0.15) is 0 Å². The van der Waals surface area contributed by atoms with Gasteiger partial charge in [0, 0.05) is 10.6 Å². The second-order valence-corrected chi connectivity index (χ2v) is 6.10. The lowest BCUT2D eigenvalue weighted by Gasteiger charge is -2.02. The van der Waals surface area contributed by atoms with Crippen LogP contribution in [0.3, 0.4) is 0 Å². The van der Waals surface area contributed by atoms with Crippen LogP contribution >= 0.6 is 22.9 Å². The number of aromatic nitrogens is 1. The smallest absolute Gasteiger partial charge is 0.257 e. The molecule has 1 amide bonds. The fourth-order valence-electron chi connectivity index (χ4n) is 2.01. The van der Waals surface area contributed by atoms with Gasteiger partial charge in [0.05, 0.1) is 10.2 Å². The third-order valence-electron chi connectivity index (χ3n) is 3.20. The van der Waals surface area contributed by atoms with Crippen molar-refractivity contribution >= 4 is 44.2 Å². The molecule has 3 rings (SSSR count).